The molecule has 0 saturated carbocycles. The van der Waals surface area contributed by atoms with E-state index in [2.05, 4.69) is 134 Å². The van der Waals surface area contributed by atoms with Gasteiger partial charge in [0.25, 0.3) is 0 Å². The minimum absolute atomic E-state index is 0. The summed E-state index contributed by atoms with van der Waals surface area (Å²) in [5.74, 6) is 3.65. The molecule has 0 spiro atoms. The fraction of sp³-hybridized carbons (Fsp3) is 0.814. The molecule has 5 heterocycles. The predicted octanol–water partition coefficient (Wildman–Crippen LogP) is 10.1. The molecule has 3 aliphatic rings. The van der Waals surface area contributed by atoms with E-state index in [0.717, 1.165) is 133 Å². The Morgan fingerprint density at radius 1 is 0.654 bits per heavy atom. The number of esters is 1. The van der Waals surface area contributed by atoms with Crippen LogP contribution in [0.1, 0.15) is 211 Å². The van der Waals surface area contributed by atoms with Crippen LogP contribution in [0.5, 0.6) is 0 Å². The Labute approximate surface area is 477 Å². The first-order valence-electron chi connectivity index (χ1n) is 29.3. The molecule has 1 amide bonds. The summed E-state index contributed by atoms with van der Waals surface area (Å²) in [6.07, 6.45) is 21.7. The number of ether oxygens (including phenoxy) is 4. The van der Waals surface area contributed by atoms with Crippen LogP contribution in [0.15, 0.2) is 37.2 Å². The van der Waals surface area contributed by atoms with Crippen molar-refractivity contribution in [1.82, 2.24) is 56.6 Å². The Morgan fingerprint density at radius 3 is 1.81 bits per heavy atom. The van der Waals surface area contributed by atoms with Gasteiger partial charge >= 0.3 is 5.97 Å². The summed E-state index contributed by atoms with van der Waals surface area (Å²) in [6, 6.07) is 2.07. The van der Waals surface area contributed by atoms with E-state index in [1.807, 2.05) is 35.6 Å². The highest BCUT2D eigenvalue weighted by atomic mass is 32.2. The van der Waals surface area contributed by atoms with Crippen molar-refractivity contribution >= 4 is 29.4 Å². The quantitative estimate of drug-likeness (QED) is 0.0326. The molecule has 0 bridgehead atoms. The molecule has 450 valence electrons. The number of aryl methyl sites for hydroxylation is 1. The summed E-state index contributed by atoms with van der Waals surface area (Å²) < 4.78 is 24.8. The number of hydrogen-bond acceptors (Lipinski definition) is 16. The maximum absolute atomic E-state index is 11.6. The lowest BCUT2D eigenvalue weighted by atomic mass is 9.93. The monoisotopic (exact) mass is 1120 g/mol. The molecule has 5 atom stereocenters. The average Bonchev–Trinajstić information content (AvgIpc) is 4.24. The summed E-state index contributed by atoms with van der Waals surface area (Å²) in [5, 5.41) is 33.5. The lowest BCUT2D eigenvalue weighted by Gasteiger charge is -2.17. The number of thioether (sulfide) groups is 1. The van der Waals surface area contributed by atoms with Crippen molar-refractivity contribution in [3.8, 4) is 0 Å². The smallest absolute Gasteiger partial charge is 0.305 e. The molecule has 0 unspecified atom stereocenters. The molecule has 0 radical (unpaired) electrons. The van der Waals surface area contributed by atoms with E-state index in [1.165, 1.54) is 18.6 Å². The zero-order valence-corrected chi connectivity index (χ0v) is 50.7. The fourth-order valence-corrected chi connectivity index (χ4v) is 10.0. The van der Waals surface area contributed by atoms with Crippen LogP contribution < -0.4 is 26.6 Å². The Morgan fingerprint density at radius 2 is 1.22 bits per heavy atom. The number of fused-ring (bicyclic) bond motifs is 1. The molecular weight excluding hydrogens is 1010 g/mol. The van der Waals surface area contributed by atoms with Crippen LogP contribution in [0, 0.1) is 0 Å². The van der Waals surface area contributed by atoms with Gasteiger partial charge in [0.1, 0.15) is 5.78 Å². The van der Waals surface area contributed by atoms with Crippen molar-refractivity contribution in [2.24, 2.45) is 0 Å². The normalized spacial score (nSPS) is 18.3. The van der Waals surface area contributed by atoms with Gasteiger partial charge in [0.2, 0.25) is 5.91 Å². The van der Waals surface area contributed by atoms with Gasteiger partial charge in [-0.25, -0.2) is 4.68 Å². The number of Topliss-reactive ketones (excluding diaryl/α,β-unsaturated/α-hetero) is 1. The molecule has 19 heteroatoms. The number of hydrogen-bond donors (Lipinski definition) is 5. The maximum Gasteiger partial charge on any atom is 0.305 e. The first kappa shape index (κ1) is 71.8. The highest BCUT2D eigenvalue weighted by Gasteiger charge is 2.40. The highest BCUT2D eigenvalue weighted by Crippen LogP contribution is 2.34. The number of carbonyl (C=O) groups is 3. The zero-order valence-electron chi connectivity index (χ0n) is 49.9. The largest absolute Gasteiger partial charge is 0.466 e. The van der Waals surface area contributed by atoms with Gasteiger partial charge in [-0.05, 0) is 72.1 Å². The third kappa shape index (κ3) is 32.8. The van der Waals surface area contributed by atoms with E-state index in [-0.39, 0.29) is 30.1 Å². The standard InChI is InChI=1S/C16H29N3O2.C15H26N2OS.C14H27N3O3.C13H25N3O.CH4/c1-5-6-12-21-15(20)10-8-7-9-11-19-13-14(17-18-19)16(2,3)4;1-3-4-7-12(18)8-5-6-9-14-15-13(10-19-14)16-11(2)17-15;1-5-18-8-9-20-11-10-19-7-6-17-12-13(15-16-17)14(2,3)4;1-4-14-13(17)9-7-5-6-8-12-10(2)15-11(3)16-12;/h13H,5-12H2,1-4H3;13-17H,2-10H2,1H3;12H,5-11H2,1-4H3;10,12,15-16H,3-9H2,1-2H3,(H,14,17);1H4/t;13-,14+,15-;;10-,12+;/m.0.0./s1. The lowest BCUT2D eigenvalue weighted by Crippen LogP contribution is -2.36. The number of ketones is 1. The number of carbonyl (C=O) groups excluding carboxylic acids is 3. The van der Waals surface area contributed by atoms with Gasteiger partial charge in [0, 0.05) is 91.7 Å². The van der Waals surface area contributed by atoms with Crippen LogP contribution in [0.25, 0.3) is 0 Å². The second kappa shape index (κ2) is 41.8. The number of rotatable bonds is 34. The SMILES string of the molecule is C.C=C1N[C@@H](C)[C@@H](CCCCCC(=O)NCC)N1.C=C1N[C@H]2[C@H](CS[C@@H]2CCCCC(=O)CCCC)N1.CCCCOC(=O)CCCCCn1cc(C(C)(C)C)nn1.CCOCCOCCOCCn1cc(C(C)(C)C)nn1. The molecule has 0 aromatic carbocycles. The molecule has 3 saturated heterocycles. The number of amides is 1. The molecule has 3 fully saturated rings. The van der Waals surface area contributed by atoms with E-state index in [9.17, 15) is 14.4 Å². The first-order chi connectivity index (χ1) is 36.8. The summed E-state index contributed by atoms with van der Waals surface area (Å²) in [6.45, 7) is 37.5. The minimum Gasteiger partial charge on any atom is -0.466 e. The lowest BCUT2D eigenvalue weighted by molar-refractivity contribution is -0.143. The van der Waals surface area contributed by atoms with Crippen molar-refractivity contribution in [2.75, 3.05) is 58.5 Å². The second-order valence-electron chi connectivity index (χ2n) is 22.4. The van der Waals surface area contributed by atoms with Crippen molar-refractivity contribution in [3.05, 3.63) is 48.6 Å². The van der Waals surface area contributed by atoms with Gasteiger partial charge in [0.05, 0.1) is 81.3 Å². The molecule has 2 aromatic rings. The number of nitrogens with one attached hydrogen (secondary N) is 5. The van der Waals surface area contributed by atoms with Crippen molar-refractivity contribution in [2.45, 2.75) is 252 Å². The van der Waals surface area contributed by atoms with Crippen LogP contribution in [0.4, 0.5) is 0 Å². The Kier molecular flexibility index (Phi) is 38.4. The highest BCUT2D eigenvalue weighted by molar-refractivity contribution is 8.00. The van der Waals surface area contributed by atoms with Crippen LogP contribution in [0.3, 0.4) is 0 Å². The molecule has 18 nitrogen and oxygen atoms in total. The molecule has 0 aliphatic carbocycles. The van der Waals surface area contributed by atoms with Gasteiger partial charge < -0.3 is 45.5 Å². The van der Waals surface area contributed by atoms with Gasteiger partial charge in [-0.3, -0.25) is 19.1 Å². The topological polar surface area (TPSA) is 210 Å². The van der Waals surface area contributed by atoms with Gasteiger partial charge in [-0.1, -0.05) is 125 Å². The van der Waals surface area contributed by atoms with Crippen LogP contribution in [0.2, 0.25) is 0 Å². The zero-order chi connectivity index (χ0) is 56.9. The molecule has 3 aliphatic heterocycles. The number of aromatic nitrogens is 6. The molecular formula is C59H111N11O7S. The van der Waals surface area contributed by atoms with E-state index in [4.69, 9.17) is 18.9 Å². The molecule has 5 rings (SSSR count). The Bertz CT molecular complexity index is 1920. The summed E-state index contributed by atoms with van der Waals surface area (Å²) in [7, 11) is 0. The summed E-state index contributed by atoms with van der Waals surface area (Å²) in [5.41, 5.74) is 2.09. The number of nitrogens with zero attached hydrogens (tertiary/aromatic N) is 6. The van der Waals surface area contributed by atoms with Crippen molar-refractivity contribution < 1.29 is 33.3 Å². The molecule has 78 heavy (non-hydrogen) atoms. The second-order valence-corrected chi connectivity index (χ2v) is 23.7. The van der Waals surface area contributed by atoms with E-state index in [1.54, 1.807) is 0 Å². The maximum atomic E-state index is 11.6. The van der Waals surface area contributed by atoms with Gasteiger partial charge in [-0.15, -0.1) is 10.2 Å². The molecule has 2 aromatic heterocycles. The van der Waals surface area contributed by atoms with E-state index < -0.39 is 0 Å². The summed E-state index contributed by atoms with van der Waals surface area (Å²) in [4.78, 5) is 34.2. The fourth-order valence-electron chi connectivity index (χ4n) is 8.48. The van der Waals surface area contributed by atoms with Crippen LogP contribution in [-0.4, -0.2) is 136 Å². The third-order valence-corrected chi connectivity index (χ3v) is 14.8. The van der Waals surface area contributed by atoms with Gasteiger partial charge in [-0.2, -0.15) is 11.8 Å². The van der Waals surface area contributed by atoms with Crippen LogP contribution >= 0.6 is 11.8 Å². The average molecular weight is 1120 g/mol. The van der Waals surface area contributed by atoms with E-state index in [0.29, 0.717) is 94.2 Å². The molecule has 5 N–H and O–H groups in total. The Balaban J connectivity index is 0.000000519. The van der Waals surface area contributed by atoms with Crippen LogP contribution in [-0.2, 0) is 57.3 Å². The van der Waals surface area contributed by atoms with Crippen molar-refractivity contribution in [1.29, 1.82) is 0 Å². The summed E-state index contributed by atoms with van der Waals surface area (Å²) >= 11 is 2.06. The van der Waals surface area contributed by atoms with E-state index >= 15 is 0 Å². The first-order valence-corrected chi connectivity index (χ1v) is 30.4. The predicted molar refractivity (Wildman–Crippen MR) is 319 cm³/mol. The Hall–Kier alpha value is -4.20. The van der Waals surface area contributed by atoms with Crippen molar-refractivity contribution in [3.63, 3.8) is 0 Å². The van der Waals surface area contributed by atoms with Gasteiger partial charge in [0.15, 0.2) is 0 Å². The minimum atomic E-state index is -0.0702. The third-order valence-electron chi connectivity index (χ3n) is 13.2. The number of unbranched alkanes of at least 4 members (excludes halogenated alkanes) is 7.